The van der Waals surface area contributed by atoms with Crippen molar-refractivity contribution in [3.05, 3.63) is 102 Å². The molecule has 0 unspecified atom stereocenters. The van der Waals surface area contributed by atoms with Gasteiger partial charge in [0.2, 0.25) is 5.91 Å². The lowest BCUT2D eigenvalue weighted by Crippen LogP contribution is -2.42. The van der Waals surface area contributed by atoms with Crippen molar-refractivity contribution in [2.75, 3.05) is 6.54 Å². The third-order valence-electron chi connectivity index (χ3n) is 7.78. The summed E-state index contributed by atoms with van der Waals surface area (Å²) >= 11 is 0. The molecule has 0 N–H and O–H groups in total. The van der Waals surface area contributed by atoms with Gasteiger partial charge in [-0.3, -0.25) is 9.78 Å². The zero-order valence-corrected chi connectivity index (χ0v) is 22.3. The molecule has 3 aromatic carbocycles. The van der Waals surface area contributed by atoms with Crippen LogP contribution in [0.15, 0.2) is 91.3 Å². The van der Waals surface area contributed by atoms with E-state index in [4.69, 9.17) is 10.1 Å². The van der Waals surface area contributed by atoms with Crippen LogP contribution in [0.5, 0.6) is 0 Å². The molecule has 0 radical (unpaired) electrons. The van der Waals surface area contributed by atoms with Crippen molar-refractivity contribution in [2.24, 2.45) is 0 Å². The first-order valence-electron chi connectivity index (χ1n) is 13.8. The third-order valence-corrected chi connectivity index (χ3v) is 7.78. The predicted octanol–water partition coefficient (Wildman–Crippen LogP) is 6.48. The van der Waals surface area contributed by atoms with Crippen LogP contribution in [-0.2, 0) is 17.8 Å². The highest BCUT2D eigenvalue weighted by Gasteiger charge is 2.27. The summed E-state index contributed by atoms with van der Waals surface area (Å²) in [6, 6.07) is 27.1. The van der Waals surface area contributed by atoms with Gasteiger partial charge in [-0.1, -0.05) is 85.1 Å². The van der Waals surface area contributed by atoms with Crippen LogP contribution in [0.25, 0.3) is 33.5 Å². The largest absolute Gasteiger partial charge is 0.338 e. The molecular weight excluding hydrogens is 482 g/mol. The van der Waals surface area contributed by atoms with Crippen molar-refractivity contribution < 1.29 is 4.79 Å². The van der Waals surface area contributed by atoms with Crippen LogP contribution in [0, 0.1) is 6.92 Å². The minimum absolute atomic E-state index is 0.185. The van der Waals surface area contributed by atoms with E-state index in [1.54, 1.807) is 12.4 Å². The first-order chi connectivity index (χ1) is 19.2. The van der Waals surface area contributed by atoms with E-state index in [1.165, 1.54) is 23.8 Å². The molecule has 0 atom stereocenters. The lowest BCUT2D eigenvalue weighted by Gasteiger charge is -2.29. The summed E-state index contributed by atoms with van der Waals surface area (Å²) < 4.78 is 1.97. The lowest BCUT2D eigenvalue weighted by molar-refractivity contribution is -0.132. The summed E-state index contributed by atoms with van der Waals surface area (Å²) in [5.74, 6) is 1.67. The molecule has 1 fully saturated rings. The Balaban J connectivity index is 1.29. The number of aryl methyl sites for hydroxylation is 1. The van der Waals surface area contributed by atoms with Gasteiger partial charge in [-0.25, -0.2) is 9.67 Å². The van der Waals surface area contributed by atoms with E-state index in [0.717, 1.165) is 40.7 Å². The smallest absolute Gasteiger partial charge is 0.227 e. The second-order valence-corrected chi connectivity index (χ2v) is 10.4. The predicted molar refractivity (Wildman–Crippen MR) is 155 cm³/mol. The number of nitrogens with zero attached hydrogens (tertiary/aromatic N) is 5. The Bertz CT molecular complexity index is 1560. The van der Waals surface area contributed by atoms with Gasteiger partial charge in [0.25, 0.3) is 0 Å². The summed E-state index contributed by atoms with van der Waals surface area (Å²) in [6.45, 7) is 3.27. The topological polar surface area (TPSA) is 63.9 Å². The molecule has 2 aromatic heterocycles. The zero-order valence-electron chi connectivity index (χ0n) is 22.3. The summed E-state index contributed by atoms with van der Waals surface area (Å²) in [4.78, 5) is 25.0. The van der Waals surface area contributed by atoms with E-state index in [9.17, 15) is 4.79 Å². The lowest BCUT2D eigenvalue weighted by atomic mass is 10.0. The molecule has 0 saturated heterocycles. The maximum absolute atomic E-state index is 13.9. The van der Waals surface area contributed by atoms with Crippen molar-refractivity contribution in [1.82, 2.24) is 24.6 Å². The maximum atomic E-state index is 13.9. The van der Waals surface area contributed by atoms with Crippen molar-refractivity contribution in [1.29, 1.82) is 0 Å². The fourth-order valence-electron chi connectivity index (χ4n) is 5.68. The second-order valence-electron chi connectivity index (χ2n) is 10.4. The van der Waals surface area contributed by atoms with Crippen LogP contribution < -0.4 is 0 Å². The van der Waals surface area contributed by atoms with E-state index in [-0.39, 0.29) is 11.9 Å². The van der Waals surface area contributed by atoms with Gasteiger partial charge in [0.1, 0.15) is 0 Å². The Morgan fingerprint density at radius 1 is 0.897 bits per heavy atom. The first-order valence-corrected chi connectivity index (χ1v) is 13.8. The molecule has 1 amide bonds. The molecule has 1 saturated carbocycles. The van der Waals surface area contributed by atoms with Gasteiger partial charge in [0.15, 0.2) is 11.6 Å². The number of hydrogen-bond donors (Lipinski definition) is 0. The highest BCUT2D eigenvalue weighted by atomic mass is 16.2. The number of hydrogen-bond acceptors (Lipinski definition) is 4. The molecular formula is C33H33N5O. The van der Waals surface area contributed by atoms with Gasteiger partial charge in [0.05, 0.1) is 13.0 Å². The molecule has 0 aliphatic heterocycles. The SMILES string of the molecule is Cc1ccc(-c2nc(-c3ccncc3)nn2CCN(C(=O)Cc2cccc3ccccc23)C2CCCC2)cc1. The van der Waals surface area contributed by atoms with Crippen LogP contribution in [0.3, 0.4) is 0 Å². The molecule has 6 nitrogen and oxygen atoms in total. The molecule has 1 aliphatic rings. The molecule has 6 heteroatoms. The molecule has 1 aliphatic carbocycles. The normalized spacial score (nSPS) is 13.7. The van der Waals surface area contributed by atoms with Crippen LogP contribution in [0.4, 0.5) is 0 Å². The fourth-order valence-corrected chi connectivity index (χ4v) is 5.68. The standard InChI is InChI=1S/C33H33N5O/c1-24-13-15-27(16-14-24)33-35-32(26-17-19-34-20-18-26)36-38(33)22-21-37(29-10-3-4-11-29)31(39)23-28-9-6-8-25-7-2-5-12-30(25)28/h2,5-9,12-20,29H,3-4,10-11,21-23H2,1H3. The van der Waals surface area contributed by atoms with Crippen molar-refractivity contribution in [3.63, 3.8) is 0 Å². The van der Waals surface area contributed by atoms with E-state index in [1.807, 2.05) is 28.9 Å². The molecule has 2 heterocycles. The van der Waals surface area contributed by atoms with Gasteiger partial charge < -0.3 is 4.90 Å². The molecule has 0 spiro atoms. The van der Waals surface area contributed by atoms with E-state index in [2.05, 4.69) is 71.4 Å². The summed E-state index contributed by atoms with van der Waals surface area (Å²) in [6.07, 6.45) is 8.39. The minimum Gasteiger partial charge on any atom is -0.338 e. The summed E-state index contributed by atoms with van der Waals surface area (Å²) in [7, 11) is 0. The number of benzene rings is 3. The molecule has 196 valence electrons. The summed E-state index contributed by atoms with van der Waals surface area (Å²) in [5, 5.41) is 7.22. The highest BCUT2D eigenvalue weighted by Crippen LogP contribution is 2.27. The van der Waals surface area contributed by atoms with Crippen molar-refractivity contribution >= 4 is 16.7 Å². The van der Waals surface area contributed by atoms with Crippen LogP contribution in [-0.4, -0.2) is 43.1 Å². The van der Waals surface area contributed by atoms with Crippen molar-refractivity contribution in [3.8, 4) is 22.8 Å². The average Bonchev–Trinajstić information content (AvgIpc) is 3.65. The van der Waals surface area contributed by atoms with E-state index >= 15 is 0 Å². The number of carbonyl (C=O) groups is 1. The molecule has 39 heavy (non-hydrogen) atoms. The van der Waals surface area contributed by atoms with Gasteiger partial charge >= 0.3 is 0 Å². The van der Waals surface area contributed by atoms with Gasteiger partial charge in [-0.2, -0.15) is 5.10 Å². The van der Waals surface area contributed by atoms with Crippen molar-refractivity contribution in [2.45, 2.75) is 51.6 Å². The quantitative estimate of drug-likeness (QED) is 0.237. The second kappa shape index (κ2) is 11.2. The number of pyridine rings is 1. The number of carbonyl (C=O) groups excluding carboxylic acids is 1. The third kappa shape index (κ3) is 5.46. The van der Waals surface area contributed by atoms with Gasteiger partial charge in [-0.15, -0.1) is 0 Å². The summed E-state index contributed by atoms with van der Waals surface area (Å²) in [5.41, 5.74) is 4.23. The maximum Gasteiger partial charge on any atom is 0.227 e. The Morgan fingerprint density at radius 2 is 1.64 bits per heavy atom. The van der Waals surface area contributed by atoms with Crippen LogP contribution in [0.2, 0.25) is 0 Å². The molecule has 5 aromatic rings. The number of fused-ring (bicyclic) bond motifs is 1. The van der Waals surface area contributed by atoms with Gasteiger partial charge in [0, 0.05) is 36.1 Å². The monoisotopic (exact) mass is 515 g/mol. The molecule has 0 bridgehead atoms. The fraction of sp³-hybridized carbons (Fsp3) is 0.273. The minimum atomic E-state index is 0.185. The van der Waals surface area contributed by atoms with Crippen LogP contribution in [0.1, 0.15) is 36.8 Å². The van der Waals surface area contributed by atoms with E-state index < -0.39 is 0 Å². The Labute approximate surface area is 229 Å². The highest BCUT2D eigenvalue weighted by molar-refractivity contribution is 5.90. The van der Waals surface area contributed by atoms with Crippen LogP contribution >= 0.6 is 0 Å². The van der Waals surface area contributed by atoms with Gasteiger partial charge in [-0.05, 0) is 48.2 Å². The van der Waals surface area contributed by atoms with E-state index in [0.29, 0.717) is 25.3 Å². The molecule has 6 rings (SSSR count). The Morgan fingerprint density at radius 3 is 2.44 bits per heavy atom. The Hall–Kier alpha value is -4.32. The zero-order chi connectivity index (χ0) is 26.6. The number of aromatic nitrogens is 4. The Kier molecular flexibility index (Phi) is 7.17. The first kappa shape index (κ1) is 25.0. The number of amides is 1. The average molecular weight is 516 g/mol. The number of rotatable bonds is 8.